The monoisotopic (exact) mass is 281 g/mol. The molecule has 21 heavy (non-hydrogen) atoms. The summed E-state index contributed by atoms with van der Waals surface area (Å²) >= 11 is 0. The number of nitrogens with two attached hydrogens (primary N) is 1. The third kappa shape index (κ3) is 2.96. The number of hydrogen-bond acceptors (Lipinski definition) is 2. The minimum absolute atomic E-state index is 0.136. The molecule has 2 aromatic carbocycles. The summed E-state index contributed by atoms with van der Waals surface area (Å²) in [4.78, 5) is 0. The van der Waals surface area contributed by atoms with E-state index in [0.29, 0.717) is 5.92 Å². The maximum atomic E-state index is 6.53. The molecule has 1 heterocycles. The summed E-state index contributed by atoms with van der Waals surface area (Å²) in [6.45, 7) is 5.07. The van der Waals surface area contributed by atoms with Gasteiger partial charge in [-0.3, -0.25) is 0 Å². The molecule has 0 radical (unpaired) electrons. The highest BCUT2D eigenvalue weighted by Crippen LogP contribution is 2.35. The topological polar surface area (TPSA) is 35.2 Å². The van der Waals surface area contributed by atoms with Crippen LogP contribution in [0.1, 0.15) is 34.6 Å². The maximum Gasteiger partial charge on any atom is 0.122 e. The predicted molar refractivity (Wildman–Crippen MR) is 86.9 cm³/mol. The number of fused-ring (bicyclic) bond motifs is 1. The Hall–Kier alpha value is -1.80. The van der Waals surface area contributed by atoms with E-state index < -0.39 is 0 Å². The second-order valence-electron chi connectivity index (χ2n) is 6.07. The van der Waals surface area contributed by atoms with Crippen LogP contribution in [0.25, 0.3) is 0 Å². The van der Waals surface area contributed by atoms with Crippen molar-refractivity contribution >= 4 is 0 Å². The normalized spacial score (nSPS) is 18.7. The molecule has 2 nitrogen and oxygen atoms in total. The molecular weight excluding hydrogens is 258 g/mol. The highest BCUT2D eigenvalue weighted by atomic mass is 16.5. The molecule has 1 aliphatic heterocycles. The van der Waals surface area contributed by atoms with Crippen LogP contribution in [-0.4, -0.2) is 12.6 Å². The van der Waals surface area contributed by atoms with E-state index in [2.05, 4.69) is 44.2 Å². The average molecular weight is 281 g/mol. The SMILES string of the molecule is Cc1ccc(CC(N)C2CCOc3ccccc32)cc1C. The molecule has 0 amide bonds. The number of aryl methyl sites for hydroxylation is 2. The van der Waals surface area contributed by atoms with Crippen molar-refractivity contribution in [3.8, 4) is 5.75 Å². The first-order chi connectivity index (χ1) is 10.1. The number of benzene rings is 2. The summed E-state index contributed by atoms with van der Waals surface area (Å²) < 4.78 is 5.73. The van der Waals surface area contributed by atoms with Gasteiger partial charge in [0, 0.05) is 12.0 Å². The minimum Gasteiger partial charge on any atom is -0.493 e. The molecule has 0 aliphatic carbocycles. The van der Waals surface area contributed by atoms with E-state index in [4.69, 9.17) is 10.5 Å². The number of ether oxygens (including phenoxy) is 1. The van der Waals surface area contributed by atoms with Gasteiger partial charge in [-0.2, -0.15) is 0 Å². The van der Waals surface area contributed by atoms with Gasteiger partial charge < -0.3 is 10.5 Å². The van der Waals surface area contributed by atoms with Crippen molar-refractivity contribution in [2.24, 2.45) is 5.73 Å². The van der Waals surface area contributed by atoms with Gasteiger partial charge in [0.15, 0.2) is 0 Å². The van der Waals surface area contributed by atoms with Crippen molar-refractivity contribution in [3.63, 3.8) is 0 Å². The first-order valence-electron chi connectivity index (χ1n) is 7.68. The first kappa shape index (κ1) is 14.2. The van der Waals surface area contributed by atoms with Crippen LogP contribution in [0.3, 0.4) is 0 Å². The lowest BCUT2D eigenvalue weighted by Gasteiger charge is -2.30. The summed E-state index contributed by atoms with van der Waals surface area (Å²) in [6, 6.07) is 15.1. The second kappa shape index (κ2) is 5.90. The van der Waals surface area contributed by atoms with Gasteiger partial charge in [0.05, 0.1) is 6.61 Å². The Labute approximate surface area is 126 Å². The number of rotatable bonds is 3. The maximum absolute atomic E-state index is 6.53. The van der Waals surface area contributed by atoms with Crippen molar-refractivity contribution in [2.45, 2.75) is 38.6 Å². The van der Waals surface area contributed by atoms with E-state index in [0.717, 1.165) is 25.2 Å². The highest BCUT2D eigenvalue weighted by molar-refractivity contribution is 5.39. The van der Waals surface area contributed by atoms with E-state index in [1.165, 1.54) is 22.3 Å². The van der Waals surface area contributed by atoms with Gasteiger partial charge in [0.2, 0.25) is 0 Å². The molecule has 0 spiro atoms. The summed E-state index contributed by atoms with van der Waals surface area (Å²) in [5.41, 5.74) is 11.8. The van der Waals surface area contributed by atoms with E-state index in [1.54, 1.807) is 0 Å². The molecular formula is C19H23NO. The molecule has 0 saturated carbocycles. The molecule has 0 fully saturated rings. The minimum atomic E-state index is 0.136. The molecule has 3 rings (SSSR count). The number of hydrogen-bond donors (Lipinski definition) is 1. The van der Waals surface area contributed by atoms with Gasteiger partial charge in [-0.05, 0) is 55.0 Å². The van der Waals surface area contributed by atoms with Gasteiger partial charge in [0.25, 0.3) is 0 Å². The zero-order valence-corrected chi connectivity index (χ0v) is 12.8. The molecule has 2 unspecified atom stereocenters. The second-order valence-corrected chi connectivity index (χ2v) is 6.07. The summed E-state index contributed by atoms with van der Waals surface area (Å²) in [6.07, 6.45) is 1.92. The van der Waals surface area contributed by atoms with Gasteiger partial charge in [0.1, 0.15) is 5.75 Å². The fourth-order valence-electron chi connectivity index (χ4n) is 3.16. The Morgan fingerprint density at radius 2 is 1.95 bits per heavy atom. The average Bonchev–Trinajstić information content (AvgIpc) is 2.50. The molecule has 110 valence electrons. The van der Waals surface area contributed by atoms with E-state index in [-0.39, 0.29) is 6.04 Å². The van der Waals surface area contributed by atoms with E-state index in [1.807, 2.05) is 12.1 Å². The van der Waals surface area contributed by atoms with Gasteiger partial charge in [-0.1, -0.05) is 36.4 Å². The summed E-state index contributed by atoms with van der Waals surface area (Å²) in [7, 11) is 0. The van der Waals surface area contributed by atoms with Gasteiger partial charge in [-0.15, -0.1) is 0 Å². The van der Waals surface area contributed by atoms with E-state index in [9.17, 15) is 0 Å². The summed E-state index contributed by atoms with van der Waals surface area (Å²) in [5, 5.41) is 0. The zero-order chi connectivity index (χ0) is 14.8. The lowest BCUT2D eigenvalue weighted by atomic mass is 9.84. The quantitative estimate of drug-likeness (QED) is 0.930. The Morgan fingerprint density at radius 3 is 2.76 bits per heavy atom. The van der Waals surface area contributed by atoms with Crippen LogP contribution in [0, 0.1) is 13.8 Å². The zero-order valence-electron chi connectivity index (χ0n) is 12.8. The van der Waals surface area contributed by atoms with Crippen LogP contribution < -0.4 is 10.5 Å². The van der Waals surface area contributed by atoms with Crippen molar-refractivity contribution in [2.75, 3.05) is 6.61 Å². The molecule has 1 aliphatic rings. The van der Waals surface area contributed by atoms with Crippen molar-refractivity contribution < 1.29 is 4.74 Å². The van der Waals surface area contributed by atoms with Crippen molar-refractivity contribution in [1.82, 2.24) is 0 Å². The third-order valence-corrected chi connectivity index (χ3v) is 4.56. The van der Waals surface area contributed by atoms with Crippen LogP contribution in [0.15, 0.2) is 42.5 Å². The lowest BCUT2D eigenvalue weighted by Crippen LogP contribution is -2.34. The highest BCUT2D eigenvalue weighted by Gasteiger charge is 2.26. The summed E-state index contributed by atoms with van der Waals surface area (Å²) in [5.74, 6) is 1.39. The Balaban J connectivity index is 1.80. The smallest absolute Gasteiger partial charge is 0.122 e. The van der Waals surface area contributed by atoms with Crippen LogP contribution in [0.5, 0.6) is 5.75 Å². The van der Waals surface area contributed by atoms with Crippen molar-refractivity contribution in [3.05, 3.63) is 64.7 Å². The van der Waals surface area contributed by atoms with Gasteiger partial charge in [-0.25, -0.2) is 0 Å². The lowest BCUT2D eigenvalue weighted by molar-refractivity contribution is 0.254. The largest absolute Gasteiger partial charge is 0.493 e. The Kier molecular flexibility index (Phi) is 3.98. The fraction of sp³-hybridized carbons (Fsp3) is 0.368. The fourth-order valence-corrected chi connectivity index (χ4v) is 3.16. The molecule has 0 bridgehead atoms. The van der Waals surface area contributed by atoms with Gasteiger partial charge >= 0.3 is 0 Å². The molecule has 0 aromatic heterocycles. The molecule has 0 saturated heterocycles. The molecule has 2 aromatic rings. The van der Waals surface area contributed by atoms with Crippen LogP contribution in [-0.2, 0) is 6.42 Å². The standard InChI is InChI=1S/C19H23NO/c1-13-7-8-15(11-14(13)2)12-18(20)16-9-10-21-19-6-4-3-5-17(16)19/h3-8,11,16,18H,9-10,12,20H2,1-2H3. The van der Waals surface area contributed by atoms with Crippen LogP contribution >= 0.6 is 0 Å². The van der Waals surface area contributed by atoms with Crippen LogP contribution in [0.2, 0.25) is 0 Å². The molecule has 2 N–H and O–H groups in total. The molecule has 2 heteroatoms. The predicted octanol–water partition coefficient (Wildman–Crippen LogP) is 3.74. The molecule has 2 atom stereocenters. The van der Waals surface area contributed by atoms with Crippen LogP contribution in [0.4, 0.5) is 0 Å². The van der Waals surface area contributed by atoms with E-state index >= 15 is 0 Å². The Morgan fingerprint density at radius 1 is 1.14 bits per heavy atom. The Bertz CT molecular complexity index is 635. The number of para-hydroxylation sites is 1. The van der Waals surface area contributed by atoms with Crippen molar-refractivity contribution in [1.29, 1.82) is 0 Å². The first-order valence-corrected chi connectivity index (χ1v) is 7.68. The third-order valence-electron chi connectivity index (χ3n) is 4.56.